The van der Waals surface area contributed by atoms with E-state index in [4.69, 9.17) is 16.3 Å². The molecular weight excluding hydrogens is 652 g/mol. The summed E-state index contributed by atoms with van der Waals surface area (Å²) in [6.07, 6.45) is 1.52. The van der Waals surface area contributed by atoms with Crippen molar-refractivity contribution >= 4 is 74.5 Å². The van der Waals surface area contributed by atoms with E-state index in [-0.39, 0.29) is 12.2 Å². The highest BCUT2D eigenvalue weighted by atomic mass is 127. The number of rotatable bonds is 6. The van der Waals surface area contributed by atoms with Crippen LogP contribution < -0.4 is 10.1 Å². The van der Waals surface area contributed by atoms with Crippen molar-refractivity contribution in [2.24, 2.45) is 0 Å². The van der Waals surface area contributed by atoms with Crippen molar-refractivity contribution in [1.29, 1.82) is 10.5 Å². The molecule has 3 rings (SSSR count). The van der Waals surface area contributed by atoms with E-state index in [1.54, 1.807) is 30.3 Å². The summed E-state index contributed by atoms with van der Waals surface area (Å²) in [7, 11) is 0. The maximum Gasteiger partial charge on any atom is 0.266 e. The highest BCUT2D eigenvalue weighted by molar-refractivity contribution is 14.1. The van der Waals surface area contributed by atoms with Crippen LogP contribution in [0.3, 0.4) is 0 Å². The van der Waals surface area contributed by atoms with Gasteiger partial charge in [-0.3, -0.25) is 4.79 Å². The molecule has 0 aliphatic carbocycles. The van der Waals surface area contributed by atoms with Gasteiger partial charge in [-0.05, 0) is 87.2 Å². The van der Waals surface area contributed by atoms with Crippen LogP contribution in [0.25, 0.3) is 6.08 Å². The molecule has 0 heterocycles. The van der Waals surface area contributed by atoms with Gasteiger partial charge in [0.15, 0.2) is 0 Å². The van der Waals surface area contributed by atoms with E-state index in [0.717, 1.165) is 12.7 Å². The van der Waals surface area contributed by atoms with Crippen LogP contribution in [0.5, 0.6) is 5.75 Å². The minimum Gasteiger partial charge on any atom is -0.487 e. The Morgan fingerprint density at radius 1 is 1.06 bits per heavy atom. The Bertz CT molecular complexity index is 1270. The number of para-hydroxylation sites is 1. The lowest BCUT2D eigenvalue weighted by Crippen LogP contribution is -2.13. The fourth-order valence-corrected chi connectivity index (χ4v) is 5.08. The Kier molecular flexibility index (Phi) is 8.51. The number of nitrogens with zero attached hydrogens (tertiary/aromatic N) is 2. The van der Waals surface area contributed by atoms with Crippen LogP contribution >= 0.6 is 56.8 Å². The zero-order valence-corrected chi connectivity index (χ0v) is 21.5. The molecule has 0 fully saturated rings. The number of anilines is 1. The normalized spacial score (nSPS) is 10.7. The van der Waals surface area contributed by atoms with E-state index < -0.39 is 5.91 Å². The van der Waals surface area contributed by atoms with Gasteiger partial charge in [-0.1, -0.05) is 41.9 Å². The minimum atomic E-state index is -0.543. The van der Waals surface area contributed by atoms with Gasteiger partial charge in [-0.15, -0.1) is 0 Å². The summed E-state index contributed by atoms with van der Waals surface area (Å²) in [4.78, 5) is 12.5. The van der Waals surface area contributed by atoms with Gasteiger partial charge in [-0.2, -0.15) is 10.5 Å². The molecule has 3 aromatic carbocycles. The molecule has 0 aliphatic heterocycles. The number of nitriles is 2. The van der Waals surface area contributed by atoms with Crippen molar-refractivity contribution in [3.63, 3.8) is 0 Å². The number of benzene rings is 3. The van der Waals surface area contributed by atoms with Crippen molar-refractivity contribution in [2.75, 3.05) is 5.32 Å². The summed E-state index contributed by atoms with van der Waals surface area (Å²) in [6.45, 7) is 0.259. The van der Waals surface area contributed by atoms with Crippen molar-refractivity contribution in [3.05, 3.63) is 95.1 Å². The number of hydrogen-bond donors (Lipinski definition) is 1. The second-order valence-corrected chi connectivity index (χ2v) is 9.21. The summed E-state index contributed by atoms with van der Waals surface area (Å²) in [6, 6.07) is 21.9. The second-order valence-electron chi connectivity index (χ2n) is 6.48. The van der Waals surface area contributed by atoms with E-state index >= 15 is 0 Å². The highest BCUT2D eigenvalue weighted by Gasteiger charge is 2.14. The minimum absolute atomic E-state index is 0.0480. The lowest BCUT2D eigenvalue weighted by atomic mass is 10.1. The smallest absolute Gasteiger partial charge is 0.266 e. The number of halogens is 3. The van der Waals surface area contributed by atoms with Crippen molar-refractivity contribution in [2.45, 2.75) is 6.61 Å². The fourth-order valence-electron chi connectivity index (χ4n) is 2.77. The third-order valence-electron chi connectivity index (χ3n) is 4.33. The lowest BCUT2D eigenvalue weighted by Gasteiger charge is -2.12. The summed E-state index contributed by atoms with van der Waals surface area (Å²) in [5, 5.41) is 21.8. The first kappa shape index (κ1) is 24.1. The quantitative estimate of drug-likeness (QED) is 0.184. The van der Waals surface area contributed by atoms with E-state index in [1.807, 2.05) is 36.4 Å². The van der Waals surface area contributed by atoms with Crippen LogP contribution in [0, 0.1) is 29.8 Å². The first-order valence-electron chi connectivity index (χ1n) is 9.20. The fraction of sp³-hybridized carbons (Fsp3) is 0.0417. The van der Waals surface area contributed by atoms with Gasteiger partial charge in [0.1, 0.15) is 24.0 Å². The Hall–Kier alpha value is -2.60. The average Bonchev–Trinajstić information content (AvgIpc) is 2.78. The molecule has 5 nitrogen and oxygen atoms in total. The number of nitrogens with one attached hydrogen (secondary N) is 1. The number of ether oxygens (including phenoxy) is 1. The molecule has 0 atom stereocenters. The molecule has 1 amide bonds. The van der Waals surface area contributed by atoms with Crippen LogP contribution in [0.2, 0.25) is 5.02 Å². The van der Waals surface area contributed by atoms with Gasteiger partial charge in [0, 0.05) is 5.56 Å². The Labute approximate surface area is 217 Å². The highest BCUT2D eigenvalue weighted by Crippen LogP contribution is 2.31. The van der Waals surface area contributed by atoms with Crippen molar-refractivity contribution in [1.82, 2.24) is 0 Å². The van der Waals surface area contributed by atoms with E-state index in [9.17, 15) is 15.3 Å². The Morgan fingerprint density at radius 2 is 1.72 bits per heavy atom. The third kappa shape index (κ3) is 6.00. The predicted molar refractivity (Wildman–Crippen MR) is 141 cm³/mol. The molecule has 0 bridgehead atoms. The van der Waals surface area contributed by atoms with Crippen LogP contribution in [0.4, 0.5) is 5.69 Å². The second kappa shape index (κ2) is 11.3. The SMILES string of the molecule is N#C/C(=C\c1cc(I)c(OCc2ccccc2C#N)c(I)c1)C(=O)Nc1ccccc1Cl. The van der Waals surface area contributed by atoms with Gasteiger partial charge < -0.3 is 10.1 Å². The molecule has 3 aromatic rings. The molecule has 1 N–H and O–H groups in total. The van der Waals surface area contributed by atoms with Crippen LogP contribution in [-0.4, -0.2) is 5.91 Å². The molecule has 0 spiro atoms. The zero-order valence-electron chi connectivity index (χ0n) is 16.4. The molecule has 8 heteroatoms. The Morgan fingerprint density at radius 3 is 2.38 bits per heavy atom. The van der Waals surface area contributed by atoms with Crippen LogP contribution in [0.1, 0.15) is 16.7 Å². The first-order chi connectivity index (χ1) is 15.4. The van der Waals surface area contributed by atoms with Crippen molar-refractivity contribution in [3.8, 4) is 17.9 Å². The van der Waals surface area contributed by atoms with Crippen LogP contribution in [0.15, 0.2) is 66.2 Å². The summed E-state index contributed by atoms with van der Waals surface area (Å²) >= 11 is 10.4. The molecule has 0 aliphatic rings. The lowest BCUT2D eigenvalue weighted by molar-refractivity contribution is -0.112. The monoisotopic (exact) mass is 665 g/mol. The molecule has 158 valence electrons. The standard InChI is InChI=1S/C24H14ClI2N3O2/c25-19-7-3-4-8-22(19)30-24(31)18(13-29)9-15-10-20(26)23(21(27)11-15)32-14-17-6-2-1-5-16(17)12-28/h1-11H,14H2,(H,30,31)/b18-9+. The van der Waals surface area contributed by atoms with E-state index in [0.29, 0.717) is 27.6 Å². The molecular formula is C24H14ClI2N3O2. The summed E-state index contributed by atoms with van der Waals surface area (Å²) in [5.74, 6) is 0.133. The summed E-state index contributed by atoms with van der Waals surface area (Å²) in [5.41, 5.74) is 2.45. The Balaban J connectivity index is 1.80. The largest absolute Gasteiger partial charge is 0.487 e. The average molecular weight is 666 g/mol. The number of amides is 1. The van der Waals surface area contributed by atoms with E-state index in [1.165, 1.54) is 6.08 Å². The van der Waals surface area contributed by atoms with Gasteiger partial charge in [0.2, 0.25) is 0 Å². The van der Waals surface area contributed by atoms with E-state index in [2.05, 4.69) is 56.6 Å². The third-order valence-corrected chi connectivity index (χ3v) is 6.26. The maximum absolute atomic E-state index is 12.5. The van der Waals surface area contributed by atoms with Crippen LogP contribution in [-0.2, 0) is 11.4 Å². The summed E-state index contributed by atoms with van der Waals surface area (Å²) < 4.78 is 7.61. The molecule has 0 unspecified atom stereocenters. The van der Waals surface area contributed by atoms with Gasteiger partial charge >= 0.3 is 0 Å². The molecule has 0 saturated carbocycles. The molecule has 0 radical (unpaired) electrons. The predicted octanol–water partition coefficient (Wildman–Crippen LogP) is 6.55. The maximum atomic E-state index is 12.5. The topological polar surface area (TPSA) is 85.9 Å². The molecule has 32 heavy (non-hydrogen) atoms. The number of carbonyl (C=O) groups excluding carboxylic acids is 1. The number of hydrogen-bond acceptors (Lipinski definition) is 4. The van der Waals surface area contributed by atoms with Crippen molar-refractivity contribution < 1.29 is 9.53 Å². The first-order valence-corrected chi connectivity index (χ1v) is 11.7. The number of carbonyl (C=O) groups is 1. The zero-order chi connectivity index (χ0) is 23.1. The molecule has 0 aromatic heterocycles. The van der Waals surface area contributed by atoms with Gasteiger partial charge in [0.05, 0.1) is 29.5 Å². The molecule has 0 saturated heterocycles. The van der Waals surface area contributed by atoms with Gasteiger partial charge in [0.25, 0.3) is 5.91 Å². The van der Waals surface area contributed by atoms with Gasteiger partial charge in [-0.25, -0.2) is 0 Å².